The first kappa shape index (κ1) is 33.1. The molecule has 0 aromatic heterocycles. The first-order valence-corrected chi connectivity index (χ1v) is 14.0. The zero-order valence-electron chi connectivity index (χ0n) is 24.1. The van der Waals surface area contributed by atoms with Gasteiger partial charge in [-0.1, -0.05) is 38.1 Å². The Morgan fingerprint density at radius 1 is 1.07 bits per heavy atom. The Balaban J connectivity index is 0.000000475. The molecule has 2 saturated carbocycles. The molecule has 0 radical (unpaired) electrons. The highest BCUT2D eigenvalue weighted by Gasteiger charge is 2.56. The second kappa shape index (κ2) is 13.3. The molecule has 10 heteroatoms. The number of methoxy groups -OCH3 is 1. The average molecular weight is 592 g/mol. The minimum atomic E-state index is -4.30. The van der Waals surface area contributed by atoms with E-state index >= 15 is 0 Å². The summed E-state index contributed by atoms with van der Waals surface area (Å²) in [7, 11) is 1.73. The van der Waals surface area contributed by atoms with Crippen molar-refractivity contribution in [3.05, 3.63) is 76.9 Å². The monoisotopic (exact) mass is 591 g/mol. The lowest BCUT2D eigenvalue weighted by molar-refractivity contribution is -0.137. The molecule has 7 nitrogen and oxygen atoms in total. The largest absolute Gasteiger partial charge is 0.497 e. The SMILES string of the molecule is COc1ccc2c(c1)C[C@@H](C)[C@@H]1[C@@H]2CC[C@]2(C)[C@@H](NCc3cccc(C(F)(F)F)c3)CC[C@@H]12.O.O=C(O)/C=C/C(=O)O. The minimum Gasteiger partial charge on any atom is -0.497 e. The number of carbonyl (C=O) groups is 2. The Kier molecular flexibility index (Phi) is 10.5. The number of carboxylic acids is 2. The highest BCUT2D eigenvalue weighted by molar-refractivity contribution is 5.89. The smallest absolute Gasteiger partial charge is 0.416 e. The third-order valence-electron chi connectivity index (χ3n) is 9.46. The fraction of sp³-hybridized carbons (Fsp3) is 0.500. The molecule has 0 aliphatic heterocycles. The lowest BCUT2D eigenvalue weighted by Gasteiger charge is -2.53. The minimum absolute atomic E-state index is 0. The molecule has 0 unspecified atom stereocenters. The highest BCUT2D eigenvalue weighted by atomic mass is 19.4. The van der Waals surface area contributed by atoms with Gasteiger partial charge in [-0.05, 0) is 96.1 Å². The maximum atomic E-state index is 13.1. The van der Waals surface area contributed by atoms with Gasteiger partial charge in [-0.15, -0.1) is 0 Å². The van der Waals surface area contributed by atoms with Crippen molar-refractivity contribution in [2.24, 2.45) is 23.2 Å². The van der Waals surface area contributed by atoms with Crippen molar-refractivity contribution in [3.63, 3.8) is 0 Å². The van der Waals surface area contributed by atoms with Crippen LogP contribution in [0.2, 0.25) is 0 Å². The third kappa shape index (κ3) is 7.15. The van der Waals surface area contributed by atoms with Crippen molar-refractivity contribution in [2.45, 2.75) is 70.6 Å². The number of ether oxygens (including phenoxy) is 1. The predicted octanol–water partition coefficient (Wildman–Crippen LogP) is 5.86. The van der Waals surface area contributed by atoms with Crippen LogP contribution in [0.1, 0.15) is 67.7 Å². The average Bonchev–Trinajstić information content (AvgIpc) is 3.26. The summed E-state index contributed by atoms with van der Waals surface area (Å²) < 4.78 is 44.8. The molecule has 2 aromatic rings. The zero-order chi connectivity index (χ0) is 29.9. The van der Waals surface area contributed by atoms with E-state index in [2.05, 4.69) is 37.4 Å². The molecular formula is C32H40F3NO6. The van der Waals surface area contributed by atoms with Crippen molar-refractivity contribution in [2.75, 3.05) is 7.11 Å². The lowest BCUT2D eigenvalue weighted by atomic mass is 9.52. The molecule has 230 valence electrons. The maximum absolute atomic E-state index is 13.1. The Labute approximate surface area is 244 Å². The first-order chi connectivity index (χ1) is 19.3. The molecule has 42 heavy (non-hydrogen) atoms. The van der Waals surface area contributed by atoms with E-state index in [0.717, 1.165) is 31.1 Å². The summed E-state index contributed by atoms with van der Waals surface area (Å²) in [4.78, 5) is 19.1. The normalized spacial score (nSPS) is 27.9. The van der Waals surface area contributed by atoms with Crippen LogP contribution in [-0.4, -0.2) is 40.8 Å². The molecule has 5 rings (SSSR count). The number of alkyl halides is 3. The van der Waals surface area contributed by atoms with Crippen LogP contribution in [0.25, 0.3) is 0 Å². The van der Waals surface area contributed by atoms with Crippen molar-refractivity contribution in [1.29, 1.82) is 0 Å². The number of aliphatic carboxylic acids is 2. The molecule has 5 N–H and O–H groups in total. The van der Waals surface area contributed by atoms with Gasteiger partial charge in [-0.25, -0.2) is 9.59 Å². The van der Waals surface area contributed by atoms with Gasteiger partial charge in [0.1, 0.15) is 5.75 Å². The van der Waals surface area contributed by atoms with E-state index in [4.69, 9.17) is 14.9 Å². The Morgan fingerprint density at radius 2 is 1.76 bits per heavy atom. The summed E-state index contributed by atoms with van der Waals surface area (Å²) in [5, 5.41) is 19.3. The third-order valence-corrected chi connectivity index (χ3v) is 9.46. The van der Waals surface area contributed by atoms with Crippen molar-refractivity contribution >= 4 is 11.9 Å². The molecule has 0 amide bonds. The number of carboxylic acid groups (broad SMARTS) is 2. The van der Waals surface area contributed by atoms with E-state index in [1.54, 1.807) is 13.2 Å². The number of halogens is 3. The van der Waals surface area contributed by atoms with Gasteiger partial charge >= 0.3 is 18.1 Å². The fourth-order valence-electron chi connectivity index (χ4n) is 7.66. The summed E-state index contributed by atoms with van der Waals surface area (Å²) >= 11 is 0. The van der Waals surface area contributed by atoms with Crippen LogP contribution in [0.15, 0.2) is 54.6 Å². The number of nitrogens with one attached hydrogen (secondary N) is 1. The molecule has 3 aliphatic rings. The summed E-state index contributed by atoms with van der Waals surface area (Å²) in [6.07, 6.45) is 2.57. The van der Waals surface area contributed by atoms with Crippen LogP contribution >= 0.6 is 0 Å². The summed E-state index contributed by atoms with van der Waals surface area (Å²) in [5.41, 5.74) is 3.30. The van der Waals surface area contributed by atoms with Gasteiger partial charge in [-0.2, -0.15) is 13.2 Å². The van der Waals surface area contributed by atoms with Gasteiger partial charge in [-0.3, -0.25) is 0 Å². The molecule has 2 aromatic carbocycles. The summed E-state index contributed by atoms with van der Waals surface area (Å²) in [6.45, 7) is 5.33. The number of benzene rings is 2. The lowest BCUT2D eigenvalue weighted by Crippen LogP contribution is -2.50. The van der Waals surface area contributed by atoms with Gasteiger partial charge in [0, 0.05) is 24.7 Å². The summed E-state index contributed by atoms with van der Waals surface area (Å²) in [6, 6.07) is 12.7. The second-order valence-electron chi connectivity index (χ2n) is 11.8. The Hall–Kier alpha value is -3.37. The fourth-order valence-corrected chi connectivity index (χ4v) is 7.66. The predicted molar refractivity (Wildman–Crippen MR) is 152 cm³/mol. The van der Waals surface area contributed by atoms with E-state index in [9.17, 15) is 22.8 Å². The Bertz CT molecular complexity index is 1280. The van der Waals surface area contributed by atoms with Gasteiger partial charge in [0.05, 0.1) is 12.7 Å². The van der Waals surface area contributed by atoms with Crippen LogP contribution in [0.5, 0.6) is 5.75 Å². The van der Waals surface area contributed by atoms with Crippen LogP contribution in [0.4, 0.5) is 13.2 Å². The molecule has 0 bridgehead atoms. The molecular weight excluding hydrogens is 551 g/mol. The number of hydrogen-bond acceptors (Lipinski definition) is 4. The van der Waals surface area contributed by atoms with Gasteiger partial charge in [0.25, 0.3) is 0 Å². The van der Waals surface area contributed by atoms with Gasteiger partial charge < -0.3 is 25.7 Å². The first-order valence-electron chi connectivity index (χ1n) is 14.0. The zero-order valence-corrected chi connectivity index (χ0v) is 24.1. The van der Waals surface area contributed by atoms with Gasteiger partial charge in [0.15, 0.2) is 0 Å². The standard InChI is InChI=1S/C28H34F3NO.C4H4O4.H2O/c1-17-13-19-15-21(33-3)7-8-22(19)23-11-12-27(2)24(26(17)23)9-10-25(27)32-16-18-5-4-6-20(14-18)28(29,30)31;5-3(6)1-2-4(7)8;/h4-8,14-15,17,23-26,32H,9-13,16H2,1-3H3;1-2H,(H,5,6)(H,7,8);1H2/b;2-1+;/t17-,23-,24+,25+,26-,27+;;/m1../s1. The van der Waals surface area contributed by atoms with Crippen LogP contribution in [-0.2, 0) is 28.7 Å². The molecule has 0 saturated heterocycles. The van der Waals surface area contributed by atoms with E-state index in [0.29, 0.717) is 54.0 Å². The number of fused-ring (bicyclic) bond motifs is 5. The van der Waals surface area contributed by atoms with Crippen LogP contribution in [0.3, 0.4) is 0 Å². The number of hydrogen-bond donors (Lipinski definition) is 3. The van der Waals surface area contributed by atoms with Crippen molar-refractivity contribution in [3.8, 4) is 5.75 Å². The number of rotatable bonds is 6. The maximum Gasteiger partial charge on any atom is 0.416 e. The quantitative estimate of drug-likeness (QED) is 0.361. The van der Waals surface area contributed by atoms with E-state index in [-0.39, 0.29) is 10.9 Å². The molecule has 6 atom stereocenters. The van der Waals surface area contributed by atoms with E-state index < -0.39 is 23.7 Å². The summed E-state index contributed by atoms with van der Waals surface area (Å²) in [5.74, 6) is 0.987. The highest BCUT2D eigenvalue weighted by Crippen LogP contribution is 2.62. The molecule has 0 heterocycles. The molecule has 3 aliphatic carbocycles. The topological polar surface area (TPSA) is 127 Å². The van der Waals surface area contributed by atoms with Crippen LogP contribution in [0, 0.1) is 23.2 Å². The van der Waals surface area contributed by atoms with Crippen molar-refractivity contribution in [1.82, 2.24) is 5.32 Å². The van der Waals surface area contributed by atoms with Gasteiger partial charge in [0.2, 0.25) is 0 Å². The second-order valence-corrected chi connectivity index (χ2v) is 11.8. The van der Waals surface area contributed by atoms with E-state index in [1.807, 2.05) is 0 Å². The molecule has 0 spiro atoms. The van der Waals surface area contributed by atoms with Crippen LogP contribution < -0.4 is 10.1 Å². The van der Waals surface area contributed by atoms with E-state index in [1.165, 1.54) is 36.1 Å². The molecule has 2 fully saturated rings. The van der Waals surface area contributed by atoms with Crippen molar-refractivity contribution < 1.29 is 43.2 Å². The Morgan fingerprint density at radius 3 is 2.38 bits per heavy atom.